The average Bonchev–Trinajstić information content (AvgIpc) is 2.46. The fraction of sp³-hybridized carbons (Fsp3) is 0.588. The molecule has 1 aromatic carbocycles. The van der Waals surface area contributed by atoms with Crippen molar-refractivity contribution in [2.24, 2.45) is 0 Å². The first-order chi connectivity index (χ1) is 10.6. The second kappa shape index (κ2) is 8.03. The summed E-state index contributed by atoms with van der Waals surface area (Å²) < 4.78 is 29.9. The van der Waals surface area contributed by atoms with E-state index < -0.39 is 20.1 Å². The molecule has 0 saturated carbocycles. The summed E-state index contributed by atoms with van der Waals surface area (Å²) in [5, 5.41) is 0.156. The summed E-state index contributed by atoms with van der Waals surface area (Å²) in [7, 11) is -0.511. The number of hydrogen-bond acceptors (Lipinski definition) is 4. The van der Waals surface area contributed by atoms with Crippen molar-refractivity contribution in [3.63, 3.8) is 0 Å². The quantitative estimate of drug-likeness (QED) is 0.424. The molecule has 0 radical (unpaired) electrons. The summed E-state index contributed by atoms with van der Waals surface area (Å²) in [5.41, 5.74) is 0.597. The Morgan fingerprint density at radius 2 is 1.87 bits per heavy atom. The summed E-state index contributed by atoms with van der Waals surface area (Å²) in [6, 6.07) is 4.23. The number of rotatable bonds is 7. The van der Waals surface area contributed by atoms with E-state index in [1.54, 1.807) is 0 Å². The van der Waals surface area contributed by atoms with Crippen LogP contribution in [-0.2, 0) is 20.5 Å². The first-order valence-corrected chi connectivity index (χ1v) is 10.6. The van der Waals surface area contributed by atoms with Crippen molar-refractivity contribution in [3.05, 3.63) is 35.1 Å². The lowest BCUT2D eigenvalue weighted by atomic mass is 10.1. The first-order valence-electron chi connectivity index (χ1n) is 7.67. The molecule has 0 N–H and O–H groups in total. The van der Waals surface area contributed by atoms with E-state index in [1.807, 2.05) is 0 Å². The highest BCUT2D eigenvalue weighted by Gasteiger charge is 2.36. The molecule has 23 heavy (non-hydrogen) atoms. The van der Waals surface area contributed by atoms with E-state index in [9.17, 15) is 9.18 Å². The topological polar surface area (TPSA) is 44.8 Å². The molecule has 0 fully saturated rings. The molecular formula is C17H27FO4Si. The smallest absolute Gasteiger partial charge is 0.337 e. The molecule has 0 amide bonds. The predicted octanol–water partition coefficient (Wildman–Crippen LogP) is 4.15. The number of benzene rings is 1. The highest BCUT2D eigenvalue weighted by molar-refractivity contribution is 6.74. The van der Waals surface area contributed by atoms with Crippen molar-refractivity contribution < 1.29 is 23.1 Å². The lowest BCUT2D eigenvalue weighted by Gasteiger charge is -2.36. The molecule has 0 saturated heterocycles. The second-order valence-corrected chi connectivity index (χ2v) is 11.8. The van der Waals surface area contributed by atoms with Crippen LogP contribution in [0.1, 0.15) is 36.7 Å². The molecule has 0 aliphatic heterocycles. The fourth-order valence-electron chi connectivity index (χ4n) is 1.66. The minimum Gasteiger partial charge on any atom is -0.465 e. The van der Waals surface area contributed by atoms with E-state index >= 15 is 0 Å². The zero-order valence-electron chi connectivity index (χ0n) is 14.9. The molecule has 0 spiro atoms. The SMILES string of the molecule is COC(=O)c1ccc(COCCO[Si](C)(C)C(C)(C)C)c(F)c1. The third-order valence-corrected chi connectivity index (χ3v) is 8.77. The standard InChI is InChI=1S/C17H27FO4Si/c1-17(2,3)23(5,6)22-10-9-21-12-14-8-7-13(11-15(14)18)16(19)20-4/h7-8,11H,9-10,12H2,1-6H3. The van der Waals surface area contributed by atoms with Gasteiger partial charge in [0.2, 0.25) is 0 Å². The number of carbonyl (C=O) groups excluding carboxylic acids is 1. The van der Waals surface area contributed by atoms with E-state index in [2.05, 4.69) is 38.6 Å². The third-order valence-electron chi connectivity index (χ3n) is 4.23. The number of esters is 1. The number of methoxy groups -OCH3 is 1. The van der Waals surface area contributed by atoms with Gasteiger partial charge in [-0.05, 0) is 30.3 Å². The largest absolute Gasteiger partial charge is 0.465 e. The fourth-order valence-corrected chi connectivity index (χ4v) is 2.69. The van der Waals surface area contributed by atoms with Crippen LogP contribution in [0.25, 0.3) is 0 Å². The van der Waals surface area contributed by atoms with Gasteiger partial charge in [-0.15, -0.1) is 0 Å². The van der Waals surface area contributed by atoms with Crippen LogP contribution in [0.4, 0.5) is 4.39 Å². The van der Waals surface area contributed by atoms with Gasteiger partial charge in [0.05, 0.1) is 32.5 Å². The third kappa shape index (κ3) is 5.71. The molecule has 130 valence electrons. The molecule has 4 nitrogen and oxygen atoms in total. The Kier molecular flexibility index (Phi) is 6.92. The minimum absolute atomic E-state index is 0.147. The van der Waals surface area contributed by atoms with Crippen molar-refractivity contribution in [2.45, 2.75) is 45.5 Å². The summed E-state index contributed by atoms with van der Waals surface area (Å²) in [5.74, 6) is -1.03. The Balaban J connectivity index is 2.44. The van der Waals surface area contributed by atoms with Gasteiger partial charge in [0.15, 0.2) is 8.32 Å². The molecule has 0 atom stereocenters. The van der Waals surface area contributed by atoms with Crippen molar-refractivity contribution in [2.75, 3.05) is 20.3 Å². The van der Waals surface area contributed by atoms with E-state index in [0.29, 0.717) is 18.8 Å². The van der Waals surface area contributed by atoms with Crippen molar-refractivity contribution >= 4 is 14.3 Å². The molecule has 0 unspecified atom stereocenters. The zero-order chi connectivity index (χ0) is 17.7. The number of carbonyl (C=O) groups is 1. The van der Waals surface area contributed by atoms with Crippen LogP contribution in [0.2, 0.25) is 18.1 Å². The zero-order valence-corrected chi connectivity index (χ0v) is 15.9. The van der Waals surface area contributed by atoms with Gasteiger partial charge in [-0.25, -0.2) is 9.18 Å². The number of halogens is 1. The van der Waals surface area contributed by atoms with E-state index in [4.69, 9.17) is 9.16 Å². The Hall–Kier alpha value is -1.24. The maximum Gasteiger partial charge on any atom is 0.337 e. The normalized spacial score (nSPS) is 12.3. The summed E-state index contributed by atoms with van der Waals surface area (Å²) in [4.78, 5) is 11.3. The number of hydrogen-bond donors (Lipinski definition) is 0. The maximum absolute atomic E-state index is 13.9. The van der Waals surface area contributed by atoms with Gasteiger partial charge in [-0.3, -0.25) is 0 Å². The molecule has 0 aliphatic rings. The maximum atomic E-state index is 13.9. The van der Waals surface area contributed by atoms with Crippen LogP contribution < -0.4 is 0 Å². The van der Waals surface area contributed by atoms with Crippen molar-refractivity contribution in [3.8, 4) is 0 Å². The Bertz CT molecular complexity index is 538. The second-order valence-electron chi connectivity index (χ2n) is 6.96. The average molecular weight is 342 g/mol. The molecule has 1 rings (SSSR count). The van der Waals surface area contributed by atoms with Gasteiger partial charge >= 0.3 is 5.97 Å². The van der Waals surface area contributed by atoms with Crippen LogP contribution in [0.3, 0.4) is 0 Å². The Morgan fingerprint density at radius 1 is 1.22 bits per heavy atom. The van der Waals surface area contributed by atoms with Crippen molar-refractivity contribution in [1.82, 2.24) is 0 Å². The van der Waals surface area contributed by atoms with E-state index in [-0.39, 0.29) is 17.2 Å². The van der Waals surface area contributed by atoms with Gasteiger partial charge in [0, 0.05) is 5.56 Å². The van der Waals surface area contributed by atoms with Crippen LogP contribution in [0.5, 0.6) is 0 Å². The highest BCUT2D eigenvalue weighted by atomic mass is 28.4. The molecular weight excluding hydrogens is 315 g/mol. The van der Waals surface area contributed by atoms with Gasteiger partial charge < -0.3 is 13.9 Å². The van der Waals surface area contributed by atoms with Gasteiger partial charge in [-0.2, -0.15) is 0 Å². The molecule has 0 aromatic heterocycles. The molecule has 0 aliphatic carbocycles. The predicted molar refractivity (Wildman–Crippen MR) is 90.5 cm³/mol. The lowest BCUT2D eigenvalue weighted by molar-refractivity contribution is 0.0599. The molecule has 0 bridgehead atoms. The van der Waals surface area contributed by atoms with Crippen LogP contribution in [-0.4, -0.2) is 34.6 Å². The van der Waals surface area contributed by atoms with E-state index in [1.165, 1.54) is 19.2 Å². The molecule has 6 heteroatoms. The summed E-state index contributed by atoms with van der Waals surface area (Å²) in [6.07, 6.45) is 0. The van der Waals surface area contributed by atoms with Crippen molar-refractivity contribution in [1.29, 1.82) is 0 Å². The molecule has 0 heterocycles. The first kappa shape index (κ1) is 19.8. The Labute approximate surface area is 139 Å². The number of ether oxygens (including phenoxy) is 2. The Morgan fingerprint density at radius 3 is 2.39 bits per heavy atom. The summed E-state index contributed by atoms with van der Waals surface area (Å²) in [6.45, 7) is 11.9. The molecule has 1 aromatic rings. The summed E-state index contributed by atoms with van der Waals surface area (Å²) >= 11 is 0. The van der Waals surface area contributed by atoms with Crippen LogP contribution in [0.15, 0.2) is 18.2 Å². The highest BCUT2D eigenvalue weighted by Crippen LogP contribution is 2.36. The monoisotopic (exact) mass is 342 g/mol. The van der Waals surface area contributed by atoms with Gasteiger partial charge in [0.1, 0.15) is 5.82 Å². The van der Waals surface area contributed by atoms with Crippen LogP contribution in [0, 0.1) is 5.82 Å². The lowest BCUT2D eigenvalue weighted by Crippen LogP contribution is -2.41. The van der Waals surface area contributed by atoms with E-state index in [0.717, 1.165) is 6.07 Å². The van der Waals surface area contributed by atoms with Crippen LogP contribution >= 0.6 is 0 Å². The minimum atomic E-state index is -1.77. The van der Waals surface area contributed by atoms with Gasteiger partial charge in [0.25, 0.3) is 0 Å². The van der Waals surface area contributed by atoms with Gasteiger partial charge in [-0.1, -0.05) is 26.8 Å².